The Bertz CT molecular complexity index is 879. The zero-order chi connectivity index (χ0) is 18.5. The minimum Gasteiger partial charge on any atom is -0.485 e. The van der Waals surface area contributed by atoms with Crippen LogP contribution in [-0.2, 0) is 19.5 Å². The van der Waals surface area contributed by atoms with E-state index < -0.39 is 5.97 Å². The number of carboxylic acid groups (broad SMARTS) is 1. The molecule has 0 aliphatic rings. The second kappa shape index (κ2) is 9.48. The maximum Gasteiger partial charge on any atom is 0.339 e. The molecular weight excluding hydrogens is 390 g/mol. The van der Waals surface area contributed by atoms with E-state index in [4.69, 9.17) is 4.74 Å². The summed E-state index contributed by atoms with van der Waals surface area (Å²) in [7, 11) is 0. The van der Waals surface area contributed by atoms with Gasteiger partial charge >= 0.3 is 5.97 Å². The van der Waals surface area contributed by atoms with Gasteiger partial charge < -0.3 is 9.84 Å². The van der Waals surface area contributed by atoms with Gasteiger partial charge in [-0.3, -0.25) is 0 Å². The standard InChI is InChI=1S/C23H22O3.Zn/c1-16(18-9-5-3-6-10-18)20-13-14-22(21(15-20)23(24)25)26-17(2)19-11-7-4-8-12-19;/h3-17H,1-2H3,(H,24,25);. The quantitative estimate of drug-likeness (QED) is 0.531. The minimum atomic E-state index is -0.984. The summed E-state index contributed by atoms with van der Waals surface area (Å²) in [5.74, 6) is -0.491. The fourth-order valence-corrected chi connectivity index (χ4v) is 3.00. The minimum absolute atomic E-state index is 0. The van der Waals surface area contributed by atoms with Gasteiger partial charge in [-0.25, -0.2) is 4.79 Å². The summed E-state index contributed by atoms with van der Waals surface area (Å²) in [6.07, 6.45) is -0.230. The molecule has 0 fully saturated rings. The molecule has 0 radical (unpaired) electrons. The Morgan fingerprint density at radius 1 is 0.815 bits per heavy atom. The molecule has 0 aliphatic heterocycles. The SMILES string of the molecule is CC(Oc1ccc(C(C)c2ccccc2)cc1C(=O)O)c1ccccc1.[Zn]. The van der Waals surface area contributed by atoms with Crippen LogP contribution in [0.5, 0.6) is 5.75 Å². The van der Waals surface area contributed by atoms with Gasteiger partial charge in [0.2, 0.25) is 0 Å². The first-order valence-corrected chi connectivity index (χ1v) is 8.70. The zero-order valence-corrected chi connectivity index (χ0v) is 18.6. The van der Waals surface area contributed by atoms with Crippen LogP contribution in [0.2, 0.25) is 0 Å². The van der Waals surface area contributed by atoms with E-state index in [2.05, 4.69) is 6.92 Å². The molecule has 0 bridgehead atoms. The molecule has 0 aliphatic carbocycles. The van der Waals surface area contributed by atoms with Gasteiger partial charge in [0, 0.05) is 25.4 Å². The van der Waals surface area contributed by atoms with Gasteiger partial charge in [0.1, 0.15) is 17.4 Å². The molecule has 0 aromatic heterocycles. The van der Waals surface area contributed by atoms with E-state index in [1.54, 1.807) is 12.1 Å². The predicted octanol–water partition coefficient (Wildman–Crippen LogP) is 5.67. The molecule has 3 aromatic carbocycles. The summed E-state index contributed by atoms with van der Waals surface area (Å²) < 4.78 is 5.95. The Kier molecular flexibility index (Phi) is 7.32. The van der Waals surface area contributed by atoms with Crippen LogP contribution in [0.3, 0.4) is 0 Å². The monoisotopic (exact) mass is 410 g/mol. The molecule has 3 nitrogen and oxygen atoms in total. The second-order valence-electron chi connectivity index (χ2n) is 6.36. The van der Waals surface area contributed by atoms with Crippen LogP contribution in [-0.4, -0.2) is 11.1 Å². The van der Waals surface area contributed by atoms with Crippen molar-refractivity contribution < 1.29 is 34.1 Å². The number of rotatable bonds is 6. The number of ether oxygens (including phenoxy) is 1. The third-order valence-corrected chi connectivity index (χ3v) is 4.61. The largest absolute Gasteiger partial charge is 0.485 e. The van der Waals surface area contributed by atoms with Gasteiger partial charge in [0.05, 0.1) is 0 Å². The first kappa shape index (κ1) is 20.9. The molecule has 3 aromatic rings. The summed E-state index contributed by atoms with van der Waals surface area (Å²) in [6.45, 7) is 3.99. The van der Waals surface area contributed by atoms with Crippen LogP contribution < -0.4 is 4.74 Å². The molecule has 134 valence electrons. The number of aromatic carboxylic acids is 1. The van der Waals surface area contributed by atoms with Gasteiger partial charge in [0.15, 0.2) is 0 Å². The van der Waals surface area contributed by atoms with E-state index in [0.717, 1.165) is 16.7 Å². The maximum absolute atomic E-state index is 11.8. The molecule has 1 N–H and O–H groups in total. The van der Waals surface area contributed by atoms with Crippen LogP contribution in [0.4, 0.5) is 0 Å². The molecule has 2 unspecified atom stereocenters. The van der Waals surface area contributed by atoms with Crippen molar-refractivity contribution >= 4 is 5.97 Å². The Hall–Kier alpha value is -2.45. The number of hydrogen-bond acceptors (Lipinski definition) is 2. The van der Waals surface area contributed by atoms with Crippen molar-refractivity contribution in [2.75, 3.05) is 0 Å². The Morgan fingerprint density at radius 3 is 1.93 bits per heavy atom. The van der Waals surface area contributed by atoms with Crippen molar-refractivity contribution in [3.8, 4) is 5.75 Å². The van der Waals surface area contributed by atoms with E-state index in [1.165, 1.54) is 0 Å². The smallest absolute Gasteiger partial charge is 0.339 e. The molecular formula is C23H22O3Zn. The third kappa shape index (κ3) is 5.05. The Morgan fingerprint density at radius 2 is 1.37 bits per heavy atom. The van der Waals surface area contributed by atoms with Crippen LogP contribution in [0, 0.1) is 0 Å². The van der Waals surface area contributed by atoms with Crippen molar-refractivity contribution in [2.24, 2.45) is 0 Å². The number of hydrogen-bond donors (Lipinski definition) is 1. The van der Waals surface area contributed by atoms with Gasteiger partial charge in [-0.15, -0.1) is 0 Å². The average molecular weight is 412 g/mol. The van der Waals surface area contributed by atoms with Crippen LogP contribution in [0.15, 0.2) is 78.9 Å². The summed E-state index contributed by atoms with van der Waals surface area (Å²) in [5, 5.41) is 9.65. The maximum atomic E-state index is 11.8. The molecule has 0 spiro atoms. The predicted molar refractivity (Wildman–Crippen MR) is 103 cm³/mol. The summed E-state index contributed by atoms with van der Waals surface area (Å²) >= 11 is 0. The van der Waals surface area contributed by atoms with Crippen LogP contribution in [0.25, 0.3) is 0 Å². The fraction of sp³-hybridized carbons (Fsp3) is 0.174. The number of benzene rings is 3. The van der Waals surface area contributed by atoms with E-state index in [1.807, 2.05) is 73.7 Å². The molecule has 4 heteroatoms. The van der Waals surface area contributed by atoms with E-state index in [0.29, 0.717) is 5.75 Å². The van der Waals surface area contributed by atoms with Crippen molar-refractivity contribution in [3.05, 3.63) is 101 Å². The van der Waals surface area contributed by atoms with E-state index >= 15 is 0 Å². The number of carboxylic acids is 1. The normalized spacial score (nSPS) is 12.5. The Labute approximate surface area is 172 Å². The van der Waals surface area contributed by atoms with Gasteiger partial charge in [-0.05, 0) is 35.7 Å². The zero-order valence-electron chi connectivity index (χ0n) is 15.6. The van der Waals surface area contributed by atoms with Gasteiger partial charge in [-0.1, -0.05) is 73.7 Å². The number of carbonyl (C=O) groups is 1. The van der Waals surface area contributed by atoms with Crippen molar-refractivity contribution in [2.45, 2.75) is 25.9 Å². The summed E-state index contributed by atoms with van der Waals surface area (Å²) in [4.78, 5) is 11.8. The van der Waals surface area contributed by atoms with Gasteiger partial charge in [0.25, 0.3) is 0 Å². The summed E-state index contributed by atoms with van der Waals surface area (Å²) in [5.41, 5.74) is 3.29. The van der Waals surface area contributed by atoms with Crippen molar-refractivity contribution in [3.63, 3.8) is 0 Å². The second-order valence-corrected chi connectivity index (χ2v) is 6.36. The first-order chi connectivity index (χ1) is 12.6. The molecule has 27 heavy (non-hydrogen) atoms. The first-order valence-electron chi connectivity index (χ1n) is 8.70. The Balaban J connectivity index is 0.00000261. The molecule has 2 atom stereocenters. The van der Waals surface area contributed by atoms with E-state index in [-0.39, 0.29) is 37.1 Å². The van der Waals surface area contributed by atoms with Crippen molar-refractivity contribution in [1.82, 2.24) is 0 Å². The fourth-order valence-electron chi connectivity index (χ4n) is 3.00. The van der Waals surface area contributed by atoms with E-state index in [9.17, 15) is 9.90 Å². The van der Waals surface area contributed by atoms with Crippen LogP contribution in [0.1, 0.15) is 52.9 Å². The molecule has 0 amide bonds. The molecule has 0 heterocycles. The summed E-state index contributed by atoms with van der Waals surface area (Å²) in [6, 6.07) is 25.2. The van der Waals surface area contributed by atoms with Crippen LogP contribution >= 0.6 is 0 Å². The molecule has 3 rings (SSSR count). The molecule has 0 saturated carbocycles. The van der Waals surface area contributed by atoms with Crippen molar-refractivity contribution in [1.29, 1.82) is 0 Å². The average Bonchev–Trinajstić information content (AvgIpc) is 2.69. The van der Waals surface area contributed by atoms with Gasteiger partial charge in [-0.2, -0.15) is 0 Å². The topological polar surface area (TPSA) is 46.5 Å². The molecule has 0 saturated heterocycles. The third-order valence-electron chi connectivity index (χ3n) is 4.61.